The van der Waals surface area contributed by atoms with E-state index in [-0.39, 0.29) is 5.12 Å². The molecule has 15 heavy (non-hydrogen) atoms. The number of thioether (sulfide) groups is 1. The second kappa shape index (κ2) is 6.51. The third kappa shape index (κ3) is 4.88. The van der Waals surface area contributed by atoms with Gasteiger partial charge in [-0.15, -0.1) is 0 Å². The van der Waals surface area contributed by atoms with Crippen LogP contribution in [0.3, 0.4) is 0 Å². The zero-order valence-electron chi connectivity index (χ0n) is 9.03. The van der Waals surface area contributed by atoms with Gasteiger partial charge in [-0.05, 0) is 24.1 Å². The van der Waals surface area contributed by atoms with Crippen molar-refractivity contribution in [1.82, 2.24) is 0 Å². The predicted octanol–water partition coefficient (Wildman–Crippen LogP) is 2.87. The molecule has 0 bridgehead atoms. The zero-order valence-corrected chi connectivity index (χ0v) is 9.85. The van der Waals surface area contributed by atoms with Crippen LogP contribution in [-0.4, -0.2) is 10.9 Å². The fourth-order valence-electron chi connectivity index (χ4n) is 1.25. The zero-order chi connectivity index (χ0) is 11.1. The summed E-state index contributed by atoms with van der Waals surface area (Å²) in [5, 5.41) is 0.231. The molecule has 82 valence electrons. The molecule has 0 spiro atoms. The maximum absolute atomic E-state index is 11.5. The van der Waals surface area contributed by atoms with Crippen LogP contribution in [0, 0.1) is 0 Å². The third-order valence-electron chi connectivity index (χ3n) is 2.06. The Labute approximate surface area is 95.2 Å². The minimum Gasteiger partial charge on any atom is -0.399 e. The number of carbonyl (C=O) groups excluding carboxylic acids is 1. The summed E-state index contributed by atoms with van der Waals surface area (Å²) in [6.45, 7) is 2.13. The van der Waals surface area contributed by atoms with Gasteiger partial charge in [-0.25, -0.2) is 0 Å². The Morgan fingerprint density at radius 3 is 2.93 bits per heavy atom. The van der Waals surface area contributed by atoms with Crippen molar-refractivity contribution >= 4 is 22.6 Å². The minimum atomic E-state index is 0.231. The highest BCUT2D eigenvalue weighted by molar-refractivity contribution is 8.13. The summed E-state index contributed by atoms with van der Waals surface area (Å²) in [7, 11) is 0. The molecule has 0 aliphatic rings. The highest BCUT2D eigenvalue weighted by atomic mass is 32.2. The summed E-state index contributed by atoms with van der Waals surface area (Å²) in [5.41, 5.74) is 7.36. The lowest BCUT2D eigenvalue weighted by Gasteiger charge is -2.01. The van der Waals surface area contributed by atoms with Crippen LogP contribution in [-0.2, 0) is 11.2 Å². The predicted molar refractivity (Wildman–Crippen MR) is 66.9 cm³/mol. The lowest BCUT2D eigenvalue weighted by Crippen LogP contribution is -1.99. The summed E-state index contributed by atoms with van der Waals surface area (Å²) >= 11 is 1.42. The molecule has 0 radical (unpaired) electrons. The van der Waals surface area contributed by atoms with Crippen LogP contribution in [0.25, 0.3) is 0 Å². The number of anilines is 1. The van der Waals surface area contributed by atoms with E-state index in [2.05, 4.69) is 6.92 Å². The van der Waals surface area contributed by atoms with Crippen molar-refractivity contribution in [1.29, 1.82) is 0 Å². The summed E-state index contributed by atoms with van der Waals surface area (Å²) in [5.74, 6) is 0.928. The molecule has 0 saturated heterocycles. The molecule has 2 N–H and O–H groups in total. The van der Waals surface area contributed by atoms with E-state index in [0.717, 1.165) is 29.8 Å². The number of nitrogens with two attached hydrogens (primary N) is 1. The van der Waals surface area contributed by atoms with Crippen LogP contribution in [0.2, 0.25) is 0 Å². The Balaban J connectivity index is 2.37. The van der Waals surface area contributed by atoms with Gasteiger partial charge in [0.2, 0.25) is 0 Å². The van der Waals surface area contributed by atoms with Gasteiger partial charge in [0.25, 0.3) is 0 Å². The van der Waals surface area contributed by atoms with Crippen LogP contribution in [0.1, 0.15) is 25.3 Å². The Morgan fingerprint density at radius 2 is 2.27 bits per heavy atom. The van der Waals surface area contributed by atoms with Gasteiger partial charge in [-0.3, -0.25) is 4.79 Å². The van der Waals surface area contributed by atoms with Crippen molar-refractivity contribution in [2.45, 2.75) is 26.2 Å². The fraction of sp³-hybridized carbons (Fsp3) is 0.417. The molecule has 3 heteroatoms. The Hall–Kier alpha value is -0.960. The topological polar surface area (TPSA) is 43.1 Å². The van der Waals surface area contributed by atoms with Gasteiger partial charge in [0.15, 0.2) is 5.12 Å². The molecule has 0 aromatic heterocycles. The van der Waals surface area contributed by atoms with E-state index in [4.69, 9.17) is 5.73 Å². The largest absolute Gasteiger partial charge is 0.399 e. The van der Waals surface area contributed by atoms with Crippen LogP contribution in [0.5, 0.6) is 0 Å². The van der Waals surface area contributed by atoms with E-state index in [1.54, 1.807) is 0 Å². The molecular formula is C12H17NOS. The lowest BCUT2D eigenvalue weighted by molar-refractivity contribution is -0.110. The summed E-state index contributed by atoms with van der Waals surface area (Å²) in [4.78, 5) is 11.5. The maximum Gasteiger partial charge on any atom is 0.193 e. The van der Waals surface area contributed by atoms with E-state index in [1.807, 2.05) is 24.3 Å². The third-order valence-corrected chi connectivity index (χ3v) is 3.02. The molecule has 0 aliphatic heterocycles. The first-order chi connectivity index (χ1) is 7.22. The number of unbranched alkanes of at least 4 members (excludes halogenated alkanes) is 1. The number of hydrogen-bond donors (Lipinski definition) is 1. The van der Waals surface area contributed by atoms with E-state index in [9.17, 15) is 4.79 Å². The number of rotatable bonds is 5. The highest BCUT2D eigenvalue weighted by Gasteiger charge is 2.03. The molecule has 0 atom stereocenters. The van der Waals surface area contributed by atoms with Crippen molar-refractivity contribution in [2.24, 2.45) is 0 Å². The molecule has 0 heterocycles. The second-order valence-corrected chi connectivity index (χ2v) is 4.65. The number of benzene rings is 1. The van der Waals surface area contributed by atoms with Crippen molar-refractivity contribution in [3.8, 4) is 0 Å². The molecule has 0 amide bonds. The molecule has 1 aromatic rings. The maximum atomic E-state index is 11.5. The number of hydrogen-bond acceptors (Lipinski definition) is 3. The van der Waals surface area contributed by atoms with Gasteiger partial charge in [0.1, 0.15) is 0 Å². The molecule has 1 aromatic carbocycles. The van der Waals surface area contributed by atoms with Crippen molar-refractivity contribution < 1.29 is 4.79 Å². The molecule has 0 aliphatic carbocycles. The van der Waals surface area contributed by atoms with Gasteiger partial charge in [-0.2, -0.15) is 0 Å². The van der Waals surface area contributed by atoms with Crippen molar-refractivity contribution in [3.63, 3.8) is 0 Å². The minimum absolute atomic E-state index is 0.231. The standard InChI is InChI=1S/C12H17NOS/c1-2-3-7-15-12(14)9-10-5-4-6-11(13)8-10/h4-6,8H,2-3,7,9,13H2,1H3. The Kier molecular flexibility index (Phi) is 5.26. The average Bonchev–Trinajstić information content (AvgIpc) is 2.18. The molecular weight excluding hydrogens is 206 g/mol. The van der Waals surface area contributed by atoms with Crippen LogP contribution < -0.4 is 5.73 Å². The molecule has 0 unspecified atom stereocenters. The van der Waals surface area contributed by atoms with Crippen LogP contribution in [0.15, 0.2) is 24.3 Å². The van der Waals surface area contributed by atoms with Crippen molar-refractivity contribution in [3.05, 3.63) is 29.8 Å². The van der Waals surface area contributed by atoms with Gasteiger partial charge >= 0.3 is 0 Å². The first kappa shape index (κ1) is 12.1. The normalized spacial score (nSPS) is 10.2. The number of carbonyl (C=O) groups is 1. The highest BCUT2D eigenvalue weighted by Crippen LogP contribution is 2.13. The Bertz CT molecular complexity index is 325. The van der Waals surface area contributed by atoms with Crippen LogP contribution >= 0.6 is 11.8 Å². The van der Waals surface area contributed by atoms with Gasteiger partial charge < -0.3 is 5.73 Å². The van der Waals surface area contributed by atoms with E-state index in [0.29, 0.717) is 6.42 Å². The van der Waals surface area contributed by atoms with E-state index >= 15 is 0 Å². The lowest BCUT2D eigenvalue weighted by atomic mass is 10.1. The van der Waals surface area contributed by atoms with Crippen LogP contribution in [0.4, 0.5) is 5.69 Å². The SMILES string of the molecule is CCCCSC(=O)Cc1cccc(N)c1. The summed E-state index contributed by atoms with van der Waals surface area (Å²) in [6.07, 6.45) is 2.73. The summed E-state index contributed by atoms with van der Waals surface area (Å²) in [6, 6.07) is 7.51. The van der Waals surface area contributed by atoms with E-state index < -0.39 is 0 Å². The molecule has 1 rings (SSSR count). The van der Waals surface area contributed by atoms with Gasteiger partial charge in [0, 0.05) is 17.9 Å². The monoisotopic (exact) mass is 223 g/mol. The first-order valence-corrected chi connectivity index (χ1v) is 6.21. The smallest absolute Gasteiger partial charge is 0.193 e. The fourth-order valence-corrected chi connectivity index (χ4v) is 2.18. The molecule has 0 fully saturated rings. The first-order valence-electron chi connectivity index (χ1n) is 5.22. The summed E-state index contributed by atoms with van der Waals surface area (Å²) < 4.78 is 0. The van der Waals surface area contributed by atoms with Gasteiger partial charge in [0.05, 0.1) is 0 Å². The second-order valence-electron chi connectivity index (χ2n) is 3.50. The quantitative estimate of drug-likeness (QED) is 0.616. The van der Waals surface area contributed by atoms with E-state index in [1.165, 1.54) is 11.8 Å². The Morgan fingerprint density at radius 1 is 1.47 bits per heavy atom. The average molecular weight is 223 g/mol. The van der Waals surface area contributed by atoms with Gasteiger partial charge in [-0.1, -0.05) is 37.2 Å². The van der Waals surface area contributed by atoms with Crippen molar-refractivity contribution in [2.75, 3.05) is 11.5 Å². The number of nitrogen functional groups attached to an aromatic ring is 1. The molecule has 0 saturated carbocycles. The molecule has 2 nitrogen and oxygen atoms in total.